The average Bonchev–Trinajstić information content (AvgIpc) is 3.41. The van der Waals surface area contributed by atoms with E-state index < -0.39 is 22.0 Å². The first-order valence-electron chi connectivity index (χ1n) is 12.6. The summed E-state index contributed by atoms with van der Waals surface area (Å²) in [6, 6.07) is 19.1. The summed E-state index contributed by atoms with van der Waals surface area (Å²) in [5, 5.41) is 2.78. The molecule has 3 aromatic carbocycles. The number of carbonyl (C=O) groups excluding carboxylic acids is 2. The molecule has 0 bridgehead atoms. The van der Waals surface area contributed by atoms with Crippen LogP contribution in [0.15, 0.2) is 71.6 Å². The van der Waals surface area contributed by atoms with Crippen LogP contribution in [0.2, 0.25) is 0 Å². The van der Waals surface area contributed by atoms with Crippen molar-refractivity contribution in [3.8, 4) is 0 Å². The number of esters is 1. The molecule has 1 N–H and O–H groups in total. The van der Waals surface area contributed by atoms with E-state index >= 15 is 0 Å². The third-order valence-corrected chi connectivity index (χ3v) is 9.28. The summed E-state index contributed by atoms with van der Waals surface area (Å²) < 4.78 is 33.3. The molecule has 3 aromatic rings. The zero-order valence-electron chi connectivity index (χ0n) is 21.5. The van der Waals surface area contributed by atoms with E-state index in [4.69, 9.17) is 16.3 Å². The van der Waals surface area contributed by atoms with Gasteiger partial charge in [-0.3, -0.25) is 4.90 Å². The van der Waals surface area contributed by atoms with Gasteiger partial charge in [0, 0.05) is 50.0 Å². The first kappa shape index (κ1) is 27.0. The summed E-state index contributed by atoms with van der Waals surface area (Å²) in [7, 11) is -2.41. The molecule has 9 nitrogen and oxygen atoms in total. The number of methoxy groups -OCH3 is 1. The molecular weight excluding hydrogens is 540 g/mol. The summed E-state index contributed by atoms with van der Waals surface area (Å²) in [6.07, 6.45) is 0.523. The number of halogens is 1. The number of rotatable bonds is 6. The van der Waals surface area contributed by atoms with Crippen LogP contribution in [0.3, 0.4) is 0 Å². The highest BCUT2D eigenvalue weighted by molar-refractivity contribution is 7.89. The smallest absolute Gasteiger partial charge is 0.339 e. The van der Waals surface area contributed by atoms with E-state index in [-0.39, 0.29) is 10.5 Å². The summed E-state index contributed by atoms with van der Waals surface area (Å²) >= 11 is 5.97. The number of fused-ring (bicyclic) bond motifs is 1. The minimum absolute atomic E-state index is 0.220. The molecule has 0 unspecified atom stereocenters. The van der Waals surface area contributed by atoms with Crippen molar-refractivity contribution in [1.29, 1.82) is 0 Å². The Morgan fingerprint density at radius 1 is 0.949 bits per heavy atom. The maximum Gasteiger partial charge on any atom is 0.339 e. The molecule has 2 amide bonds. The number of benzene rings is 3. The van der Waals surface area contributed by atoms with Crippen molar-refractivity contribution < 1.29 is 22.7 Å². The lowest BCUT2D eigenvalue weighted by Gasteiger charge is -2.35. The van der Waals surface area contributed by atoms with Gasteiger partial charge in [-0.2, -0.15) is 4.31 Å². The fourth-order valence-electron chi connectivity index (χ4n) is 4.98. The zero-order chi connectivity index (χ0) is 27.6. The Labute approximate surface area is 233 Å². The number of para-hydroxylation sites is 1. The molecule has 0 atom stereocenters. The highest BCUT2D eigenvalue weighted by Gasteiger charge is 2.32. The lowest BCUT2D eigenvalue weighted by Crippen LogP contribution is -2.48. The average molecular weight is 569 g/mol. The molecule has 2 heterocycles. The van der Waals surface area contributed by atoms with Crippen molar-refractivity contribution in [3.05, 3.63) is 83.4 Å². The molecule has 1 saturated heterocycles. The second-order valence-electron chi connectivity index (χ2n) is 9.35. The summed E-state index contributed by atoms with van der Waals surface area (Å²) in [4.78, 5) is 29.1. The topological polar surface area (TPSA) is 99.3 Å². The Hall–Kier alpha value is -3.60. The number of alkyl halides is 1. The predicted molar refractivity (Wildman–Crippen MR) is 151 cm³/mol. The van der Waals surface area contributed by atoms with Gasteiger partial charge in [0.1, 0.15) is 0 Å². The first-order chi connectivity index (χ1) is 18.8. The quantitative estimate of drug-likeness (QED) is 0.351. The summed E-state index contributed by atoms with van der Waals surface area (Å²) in [5.41, 5.74) is 4.08. The lowest BCUT2D eigenvalue weighted by molar-refractivity contribution is 0.0602. The largest absolute Gasteiger partial charge is 0.465 e. The van der Waals surface area contributed by atoms with Crippen molar-refractivity contribution in [3.63, 3.8) is 0 Å². The van der Waals surface area contributed by atoms with E-state index in [0.717, 1.165) is 16.8 Å². The van der Waals surface area contributed by atoms with Gasteiger partial charge in [-0.05, 0) is 60.0 Å². The second kappa shape index (κ2) is 11.3. The maximum atomic E-state index is 13.5. The van der Waals surface area contributed by atoms with Gasteiger partial charge in [-0.15, -0.1) is 11.6 Å². The highest BCUT2D eigenvalue weighted by Crippen LogP contribution is 2.32. The second-order valence-corrected chi connectivity index (χ2v) is 11.6. The number of sulfonamides is 1. The number of urea groups is 1. The number of nitrogens with one attached hydrogen (secondary N) is 1. The number of carbonyl (C=O) groups is 2. The zero-order valence-corrected chi connectivity index (χ0v) is 23.0. The normalized spacial score (nSPS) is 15.6. The van der Waals surface area contributed by atoms with E-state index in [1.54, 1.807) is 47.4 Å². The fraction of sp³-hybridized carbons (Fsp3) is 0.286. The van der Waals surface area contributed by atoms with Crippen molar-refractivity contribution in [2.45, 2.75) is 17.2 Å². The number of piperazine rings is 1. The number of anilines is 3. The van der Waals surface area contributed by atoms with Gasteiger partial charge in [-0.25, -0.2) is 18.0 Å². The van der Waals surface area contributed by atoms with Crippen LogP contribution in [0.5, 0.6) is 0 Å². The first-order valence-corrected chi connectivity index (χ1v) is 14.6. The standard InChI is InChI=1S/C28H29ClN4O5S/c1-38-27(34)24-7-2-3-8-25(24)30-28(35)33-12-11-21-18-23(9-10-26(21)33)39(36,37)32-15-13-31(14-16-32)22-6-4-5-20(17-22)19-29/h2-10,17-18H,11-16,19H2,1H3,(H,30,35). The van der Waals surface area contributed by atoms with Gasteiger partial charge in [0.15, 0.2) is 0 Å². The van der Waals surface area contributed by atoms with Gasteiger partial charge in [0.25, 0.3) is 0 Å². The summed E-state index contributed by atoms with van der Waals surface area (Å²) in [6.45, 7) is 2.30. The molecule has 0 radical (unpaired) electrons. The van der Waals surface area contributed by atoms with E-state index in [9.17, 15) is 18.0 Å². The number of nitrogens with zero attached hydrogens (tertiary/aromatic N) is 3. The van der Waals surface area contributed by atoms with Crippen molar-refractivity contribution in [1.82, 2.24) is 4.31 Å². The van der Waals surface area contributed by atoms with Crippen LogP contribution in [0.25, 0.3) is 0 Å². The van der Waals surface area contributed by atoms with Gasteiger partial charge < -0.3 is 15.0 Å². The molecule has 0 spiro atoms. The number of hydrogen-bond donors (Lipinski definition) is 1. The Balaban J connectivity index is 1.28. The molecular formula is C28H29ClN4O5S. The molecule has 2 aliphatic rings. The van der Waals surface area contributed by atoms with Crippen LogP contribution in [0.4, 0.5) is 21.9 Å². The minimum Gasteiger partial charge on any atom is -0.465 e. The number of amides is 2. The van der Waals surface area contributed by atoms with E-state index in [0.29, 0.717) is 56.4 Å². The van der Waals surface area contributed by atoms with Crippen LogP contribution in [0, 0.1) is 0 Å². The Bertz CT molecular complexity index is 1510. The van der Waals surface area contributed by atoms with Gasteiger partial charge in [-0.1, -0.05) is 24.3 Å². The fourth-order valence-corrected chi connectivity index (χ4v) is 6.62. The molecule has 1 fully saturated rings. The SMILES string of the molecule is COC(=O)c1ccccc1NC(=O)N1CCc2cc(S(=O)(=O)N3CCN(c4cccc(CCl)c4)CC3)ccc21. The molecule has 204 valence electrons. The third-order valence-electron chi connectivity index (χ3n) is 7.07. The van der Waals surface area contributed by atoms with E-state index in [1.807, 2.05) is 24.3 Å². The molecule has 2 aliphatic heterocycles. The van der Waals surface area contributed by atoms with E-state index in [2.05, 4.69) is 10.2 Å². The van der Waals surface area contributed by atoms with Gasteiger partial charge in [0.2, 0.25) is 10.0 Å². The van der Waals surface area contributed by atoms with Crippen molar-refractivity contribution in [2.24, 2.45) is 0 Å². The van der Waals surface area contributed by atoms with Crippen LogP contribution in [-0.2, 0) is 27.1 Å². The Morgan fingerprint density at radius 3 is 2.46 bits per heavy atom. The van der Waals surface area contributed by atoms with Crippen LogP contribution in [0.1, 0.15) is 21.5 Å². The predicted octanol–water partition coefficient (Wildman–Crippen LogP) is 4.32. The molecule has 0 saturated carbocycles. The molecule has 39 heavy (non-hydrogen) atoms. The van der Waals surface area contributed by atoms with Crippen molar-refractivity contribution in [2.75, 3.05) is 55.0 Å². The van der Waals surface area contributed by atoms with Gasteiger partial charge >= 0.3 is 12.0 Å². The summed E-state index contributed by atoms with van der Waals surface area (Å²) in [5.74, 6) is -0.118. The molecule has 11 heteroatoms. The van der Waals surface area contributed by atoms with Crippen LogP contribution in [-0.4, -0.2) is 64.6 Å². The van der Waals surface area contributed by atoms with Crippen LogP contribution < -0.4 is 15.1 Å². The lowest BCUT2D eigenvalue weighted by atomic mass is 10.2. The minimum atomic E-state index is -3.69. The molecule has 5 rings (SSSR count). The van der Waals surface area contributed by atoms with Gasteiger partial charge in [0.05, 0.1) is 23.3 Å². The Kier molecular flexibility index (Phi) is 7.79. The third kappa shape index (κ3) is 5.45. The van der Waals surface area contributed by atoms with Crippen LogP contribution >= 0.6 is 11.6 Å². The number of hydrogen-bond acceptors (Lipinski definition) is 6. The number of ether oxygens (including phenoxy) is 1. The van der Waals surface area contributed by atoms with E-state index in [1.165, 1.54) is 11.4 Å². The van der Waals surface area contributed by atoms with Crippen molar-refractivity contribution >= 4 is 50.7 Å². The maximum absolute atomic E-state index is 13.5. The monoisotopic (exact) mass is 568 g/mol. The molecule has 0 aromatic heterocycles. The molecule has 0 aliphatic carbocycles. The Morgan fingerprint density at radius 2 is 1.72 bits per heavy atom. The highest BCUT2D eigenvalue weighted by atomic mass is 35.5.